The third-order valence-electron chi connectivity index (χ3n) is 13.0. The molecule has 0 spiro atoms. The van der Waals surface area contributed by atoms with Crippen molar-refractivity contribution >= 4 is 41.1 Å². The largest absolute Gasteiger partial charge is 0.505 e. The monoisotopic (exact) mass is 1060 g/mol. The van der Waals surface area contributed by atoms with Crippen molar-refractivity contribution in [3.8, 4) is 11.5 Å². The standard InChI is InChI=1S/C52H74Cl2O18/c1-13-30-22-26(6)33(56)18-16-15-17-31(23-66-51-45(65-12)40(59)43(29(9)67-51)69-49(64)35-32(14-2)36(53)39(58)37(54)38(35)57)48(63)68-34(28(8)55)20-19-25(5)21-27(7)42(30)71-50-41(60)44(70-47(62)24(3)4)46(61)52(10,11)72-50/h15-17,19,21-22,24,28-30,33-34,40-46,50-51,55-61H,13-14,18,20,23H2,1-12H3/b16-15+,25-19+,26-22+,27-21+,31-17-. The number of aliphatic hydroxyl groups excluding tert-OH is 5. The van der Waals surface area contributed by atoms with Crippen LogP contribution in [0.1, 0.15) is 111 Å². The summed E-state index contributed by atoms with van der Waals surface area (Å²) in [5, 5.41) is 76.5. The van der Waals surface area contributed by atoms with Crippen LogP contribution in [0.15, 0.2) is 58.7 Å². The summed E-state index contributed by atoms with van der Waals surface area (Å²) in [5.74, 6) is -4.88. The van der Waals surface area contributed by atoms with Gasteiger partial charge in [0, 0.05) is 19.4 Å². The van der Waals surface area contributed by atoms with E-state index in [4.69, 9.17) is 61.1 Å². The number of cyclic esters (lactones) is 1. The van der Waals surface area contributed by atoms with Crippen molar-refractivity contribution in [3.05, 3.63) is 79.9 Å². The summed E-state index contributed by atoms with van der Waals surface area (Å²) in [6.07, 6.45) is -5.43. The zero-order valence-electron chi connectivity index (χ0n) is 43.0. The van der Waals surface area contributed by atoms with E-state index in [2.05, 4.69) is 0 Å². The van der Waals surface area contributed by atoms with Crippen molar-refractivity contribution in [2.75, 3.05) is 13.7 Å². The first-order valence-corrected chi connectivity index (χ1v) is 24.9. The quantitative estimate of drug-likeness (QED) is 0.0655. The van der Waals surface area contributed by atoms with Gasteiger partial charge in [-0.15, -0.1) is 0 Å². The minimum absolute atomic E-state index is 0.0379. The van der Waals surface area contributed by atoms with Gasteiger partial charge in [-0.2, -0.15) is 0 Å². The smallest absolute Gasteiger partial charge is 0.342 e. The highest BCUT2D eigenvalue weighted by Crippen LogP contribution is 2.45. The van der Waals surface area contributed by atoms with E-state index < -0.39 is 144 Å². The minimum atomic E-state index is -1.57. The maximum absolute atomic E-state index is 14.0. The molecule has 0 amide bonds. The number of aliphatic hydroxyl groups is 5. The summed E-state index contributed by atoms with van der Waals surface area (Å²) >= 11 is 12.3. The van der Waals surface area contributed by atoms with E-state index in [1.165, 1.54) is 33.1 Å². The predicted molar refractivity (Wildman–Crippen MR) is 265 cm³/mol. The molecule has 0 radical (unpaired) electrons. The molecule has 4 rings (SSSR count). The first-order chi connectivity index (χ1) is 33.7. The van der Waals surface area contributed by atoms with E-state index in [1.807, 2.05) is 32.9 Å². The number of rotatable bonds is 13. The fourth-order valence-corrected chi connectivity index (χ4v) is 9.08. The van der Waals surface area contributed by atoms with Gasteiger partial charge in [0.05, 0.1) is 53.1 Å². The van der Waals surface area contributed by atoms with Gasteiger partial charge in [-0.1, -0.05) is 86.9 Å². The molecule has 2 saturated heterocycles. The third kappa shape index (κ3) is 14.7. The Morgan fingerprint density at radius 1 is 0.903 bits per heavy atom. The van der Waals surface area contributed by atoms with E-state index in [0.29, 0.717) is 23.1 Å². The summed E-state index contributed by atoms with van der Waals surface area (Å²) in [4.78, 5) is 40.1. The lowest BCUT2D eigenvalue weighted by Gasteiger charge is -2.47. The predicted octanol–water partition coefficient (Wildman–Crippen LogP) is 6.23. The lowest BCUT2D eigenvalue weighted by molar-refractivity contribution is -0.333. The molecule has 0 aromatic heterocycles. The zero-order valence-corrected chi connectivity index (χ0v) is 44.5. The first-order valence-electron chi connectivity index (χ1n) is 24.2. The van der Waals surface area contributed by atoms with Crippen molar-refractivity contribution < 1.29 is 88.0 Å². The van der Waals surface area contributed by atoms with Crippen LogP contribution < -0.4 is 0 Å². The molecule has 3 aliphatic heterocycles. The van der Waals surface area contributed by atoms with Gasteiger partial charge in [-0.05, 0) is 90.5 Å². The number of methoxy groups -OCH3 is 1. The van der Waals surface area contributed by atoms with Gasteiger partial charge in [-0.25, -0.2) is 9.59 Å². The van der Waals surface area contributed by atoms with Crippen LogP contribution in [0, 0.1) is 11.8 Å². The third-order valence-corrected chi connectivity index (χ3v) is 13.8. The van der Waals surface area contributed by atoms with Crippen molar-refractivity contribution in [1.82, 2.24) is 0 Å². The van der Waals surface area contributed by atoms with Gasteiger partial charge >= 0.3 is 17.9 Å². The zero-order chi connectivity index (χ0) is 54.1. The highest BCUT2D eigenvalue weighted by Gasteiger charge is 2.53. The average Bonchev–Trinajstić information content (AvgIpc) is 3.32. The molecule has 3 aliphatic rings. The maximum atomic E-state index is 14.0. The Hall–Kier alpha value is -3.89. The number of aromatic hydroxyl groups is 2. The number of phenolic OH excluding ortho intramolecular Hbond substituents is 2. The first kappa shape index (κ1) is 60.7. The highest BCUT2D eigenvalue weighted by atomic mass is 35.5. The number of carbonyl (C=O) groups excluding carboxylic acids is 3. The molecular weight excluding hydrogens is 983 g/mol. The highest BCUT2D eigenvalue weighted by molar-refractivity contribution is 6.39. The van der Waals surface area contributed by atoms with Crippen molar-refractivity contribution in [2.24, 2.45) is 11.8 Å². The molecule has 14 unspecified atom stereocenters. The maximum Gasteiger partial charge on any atom is 0.342 e. The van der Waals surface area contributed by atoms with Gasteiger partial charge < -0.3 is 73.6 Å². The molecule has 2 fully saturated rings. The Labute approximate surface area is 431 Å². The van der Waals surface area contributed by atoms with Crippen LogP contribution >= 0.6 is 23.2 Å². The van der Waals surface area contributed by atoms with E-state index in [1.54, 1.807) is 53.7 Å². The van der Waals surface area contributed by atoms with E-state index in [0.717, 1.165) is 0 Å². The van der Waals surface area contributed by atoms with Crippen LogP contribution in [-0.4, -0.2) is 153 Å². The molecule has 20 heteroatoms. The van der Waals surface area contributed by atoms with Gasteiger partial charge in [0.2, 0.25) is 0 Å². The van der Waals surface area contributed by atoms with E-state index in [-0.39, 0.29) is 35.4 Å². The van der Waals surface area contributed by atoms with Gasteiger partial charge in [0.15, 0.2) is 36.3 Å². The molecule has 7 N–H and O–H groups in total. The fourth-order valence-electron chi connectivity index (χ4n) is 8.52. The lowest BCUT2D eigenvalue weighted by Crippen LogP contribution is -2.64. The molecule has 0 aliphatic carbocycles. The summed E-state index contributed by atoms with van der Waals surface area (Å²) in [6, 6.07) is 0. The molecule has 72 heavy (non-hydrogen) atoms. The number of allylic oxidation sites excluding steroid dienone is 4. The van der Waals surface area contributed by atoms with Gasteiger partial charge in [0.1, 0.15) is 41.1 Å². The number of carbonyl (C=O) groups is 3. The Bertz CT molecular complexity index is 2220. The minimum Gasteiger partial charge on any atom is -0.505 e. The number of phenols is 2. The topological polar surface area (TPSA) is 267 Å². The number of hydrogen-bond donors (Lipinski definition) is 7. The molecule has 404 valence electrons. The van der Waals surface area contributed by atoms with Crippen LogP contribution in [0.4, 0.5) is 0 Å². The molecule has 1 aromatic rings. The second-order valence-electron chi connectivity index (χ2n) is 19.4. The molecule has 0 bridgehead atoms. The van der Waals surface area contributed by atoms with Gasteiger partial charge in [-0.3, -0.25) is 4.79 Å². The summed E-state index contributed by atoms with van der Waals surface area (Å²) in [6.45, 7) is 18.0. The van der Waals surface area contributed by atoms with Crippen LogP contribution in [-0.2, 0) is 53.9 Å². The number of hydrogen-bond acceptors (Lipinski definition) is 18. The molecule has 3 heterocycles. The molecule has 1 aromatic carbocycles. The molecular formula is C52H74Cl2O18. The second-order valence-corrected chi connectivity index (χ2v) is 20.1. The number of halogens is 2. The Balaban J connectivity index is 1.62. The molecule has 14 atom stereocenters. The summed E-state index contributed by atoms with van der Waals surface area (Å²) < 4.78 is 47.5. The summed E-state index contributed by atoms with van der Waals surface area (Å²) in [7, 11) is 1.26. The molecule has 18 nitrogen and oxygen atoms in total. The van der Waals surface area contributed by atoms with E-state index >= 15 is 0 Å². The molecule has 0 saturated carbocycles. The number of esters is 3. The SMILES string of the molecule is CCc1c(Cl)c(O)c(Cl)c(O)c1C(=O)OC1C(C)OC(OC/C2=C/C=C/CC(O)/C(C)=C/C(CC)C(OC3OC(C)(C)C(O)C(OC(=O)C(C)C)C3O)/C(C)=C/C(C)=C/CC(C(C)O)OC2=O)C(OC)C1O. The van der Waals surface area contributed by atoms with Crippen LogP contribution in [0.25, 0.3) is 0 Å². The van der Waals surface area contributed by atoms with Crippen molar-refractivity contribution in [3.63, 3.8) is 0 Å². The Morgan fingerprint density at radius 2 is 1.57 bits per heavy atom. The van der Waals surface area contributed by atoms with Crippen LogP contribution in [0.2, 0.25) is 10.0 Å². The lowest BCUT2D eigenvalue weighted by atomic mass is 9.88. The van der Waals surface area contributed by atoms with Crippen molar-refractivity contribution in [1.29, 1.82) is 0 Å². The number of benzene rings is 1. The Kier molecular flexibility index (Phi) is 22.4. The fraction of sp³-hybridized carbons (Fsp3) is 0.635. The van der Waals surface area contributed by atoms with Crippen molar-refractivity contribution in [2.45, 2.75) is 187 Å². The second kappa shape index (κ2) is 26.5. The van der Waals surface area contributed by atoms with Crippen LogP contribution in [0.3, 0.4) is 0 Å². The summed E-state index contributed by atoms with van der Waals surface area (Å²) in [5.41, 5.74) is 0.283. The normalized spacial score (nSPS) is 34.8. The van der Waals surface area contributed by atoms with E-state index in [9.17, 15) is 50.1 Å². The average molecular weight is 1060 g/mol. The number of ether oxygens (including phenoxy) is 8. The van der Waals surface area contributed by atoms with Crippen LogP contribution in [0.5, 0.6) is 11.5 Å². The van der Waals surface area contributed by atoms with Gasteiger partial charge in [0.25, 0.3) is 0 Å². The Morgan fingerprint density at radius 3 is 2.17 bits per heavy atom.